The van der Waals surface area contributed by atoms with E-state index in [9.17, 15) is 15.0 Å². The number of aromatic hydroxyl groups is 1. The number of carboxylic acids is 1. The van der Waals surface area contributed by atoms with Gasteiger partial charge in [-0.25, -0.2) is 4.79 Å². The minimum Gasteiger partial charge on any atom is -0.507 e. The van der Waals surface area contributed by atoms with E-state index in [1.807, 2.05) is 31.2 Å². The van der Waals surface area contributed by atoms with Gasteiger partial charge in [0.1, 0.15) is 11.3 Å². The van der Waals surface area contributed by atoms with Gasteiger partial charge in [0.15, 0.2) is 0 Å². The van der Waals surface area contributed by atoms with E-state index in [-0.39, 0.29) is 23.1 Å². The zero-order chi connectivity index (χ0) is 20.3. The van der Waals surface area contributed by atoms with Crippen LogP contribution in [0.25, 0.3) is 0 Å². The van der Waals surface area contributed by atoms with Crippen molar-refractivity contribution >= 4 is 5.97 Å². The van der Waals surface area contributed by atoms with Crippen molar-refractivity contribution in [1.82, 2.24) is 0 Å². The average Bonchev–Trinajstić information content (AvgIpc) is 2.66. The first-order chi connectivity index (χ1) is 13.4. The molecule has 0 spiro atoms. The number of rotatable bonds is 6. The van der Waals surface area contributed by atoms with Crippen molar-refractivity contribution in [2.45, 2.75) is 39.0 Å². The van der Waals surface area contributed by atoms with Crippen LogP contribution < -0.4 is 0 Å². The maximum Gasteiger partial charge on any atom is 0.339 e. The summed E-state index contributed by atoms with van der Waals surface area (Å²) in [4.78, 5) is 11.5. The highest BCUT2D eigenvalue weighted by Gasteiger charge is 2.24. The monoisotopic (exact) mass is 374 g/mol. The predicted molar refractivity (Wildman–Crippen MR) is 112 cm³/mol. The third kappa shape index (κ3) is 4.25. The molecule has 144 valence electrons. The highest BCUT2D eigenvalue weighted by Crippen LogP contribution is 2.40. The average molecular weight is 374 g/mol. The first-order valence-corrected chi connectivity index (χ1v) is 9.55. The maximum atomic E-state index is 11.5. The Morgan fingerprint density at radius 3 is 2.07 bits per heavy atom. The molecule has 3 aromatic carbocycles. The lowest BCUT2D eigenvalue weighted by Crippen LogP contribution is -2.09. The number of para-hydroxylation sites is 1. The molecule has 28 heavy (non-hydrogen) atoms. The smallest absolute Gasteiger partial charge is 0.339 e. The normalized spacial score (nSPS) is 13.1. The van der Waals surface area contributed by atoms with Crippen LogP contribution in [0.2, 0.25) is 0 Å². The van der Waals surface area contributed by atoms with Gasteiger partial charge in [-0.1, -0.05) is 78.7 Å². The molecule has 2 unspecified atom stereocenters. The molecule has 3 nitrogen and oxygen atoms in total. The van der Waals surface area contributed by atoms with Crippen LogP contribution in [0.4, 0.5) is 0 Å². The summed E-state index contributed by atoms with van der Waals surface area (Å²) in [6, 6.07) is 21.6. The summed E-state index contributed by atoms with van der Waals surface area (Å²) >= 11 is 0. The molecule has 0 bridgehead atoms. The number of carboxylic acid groups (broad SMARTS) is 1. The van der Waals surface area contributed by atoms with Gasteiger partial charge in [-0.15, -0.1) is 0 Å². The second kappa shape index (κ2) is 8.30. The molecule has 3 aromatic rings. The van der Waals surface area contributed by atoms with E-state index >= 15 is 0 Å². The molecule has 3 heteroatoms. The van der Waals surface area contributed by atoms with Crippen LogP contribution in [0, 0.1) is 13.8 Å². The Kier molecular flexibility index (Phi) is 5.84. The van der Waals surface area contributed by atoms with E-state index in [0.29, 0.717) is 5.56 Å². The number of aromatic carboxylic acids is 1. The third-order valence-corrected chi connectivity index (χ3v) is 5.32. The number of aryl methyl sites for hydroxylation is 2. The Labute approximate surface area is 166 Å². The Morgan fingerprint density at radius 2 is 1.46 bits per heavy atom. The SMILES string of the molecule is Cc1cccc(C(C)CC(c2cccc(C)c2)c2cccc(C(=O)O)c2O)c1. The zero-order valence-corrected chi connectivity index (χ0v) is 16.5. The molecule has 0 fully saturated rings. The van der Waals surface area contributed by atoms with E-state index in [1.165, 1.54) is 17.2 Å². The summed E-state index contributed by atoms with van der Waals surface area (Å²) in [5.74, 6) is -1.11. The van der Waals surface area contributed by atoms with Gasteiger partial charge in [0.2, 0.25) is 0 Å². The van der Waals surface area contributed by atoms with Gasteiger partial charge in [0.25, 0.3) is 0 Å². The molecule has 0 amide bonds. The summed E-state index contributed by atoms with van der Waals surface area (Å²) in [5.41, 5.74) is 5.28. The topological polar surface area (TPSA) is 57.5 Å². The fourth-order valence-corrected chi connectivity index (χ4v) is 3.81. The van der Waals surface area contributed by atoms with Crippen molar-refractivity contribution in [1.29, 1.82) is 0 Å². The summed E-state index contributed by atoms with van der Waals surface area (Å²) in [6.45, 7) is 6.30. The van der Waals surface area contributed by atoms with Crippen LogP contribution in [-0.4, -0.2) is 16.2 Å². The fraction of sp³-hybridized carbons (Fsp3) is 0.240. The van der Waals surface area contributed by atoms with Crippen LogP contribution in [0.3, 0.4) is 0 Å². The van der Waals surface area contributed by atoms with E-state index in [0.717, 1.165) is 17.5 Å². The Morgan fingerprint density at radius 1 is 0.893 bits per heavy atom. The molecule has 0 aromatic heterocycles. The van der Waals surface area contributed by atoms with E-state index in [1.54, 1.807) is 6.07 Å². The van der Waals surface area contributed by atoms with Gasteiger partial charge >= 0.3 is 5.97 Å². The molecule has 0 aliphatic heterocycles. The van der Waals surface area contributed by atoms with Crippen LogP contribution in [0.5, 0.6) is 5.75 Å². The molecule has 2 atom stereocenters. The van der Waals surface area contributed by atoms with E-state index in [2.05, 4.69) is 44.2 Å². The second-order valence-corrected chi connectivity index (χ2v) is 7.57. The highest BCUT2D eigenvalue weighted by atomic mass is 16.4. The highest BCUT2D eigenvalue weighted by molar-refractivity contribution is 5.91. The molecule has 2 N–H and O–H groups in total. The second-order valence-electron chi connectivity index (χ2n) is 7.57. The summed E-state index contributed by atoms with van der Waals surface area (Å²) < 4.78 is 0. The van der Waals surface area contributed by atoms with Gasteiger partial charge < -0.3 is 10.2 Å². The van der Waals surface area contributed by atoms with Gasteiger partial charge in [0.05, 0.1) is 0 Å². The predicted octanol–water partition coefficient (Wildman–Crippen LogP) is 6.03. The quantitative estimate of drug-likeness (QED) is 0.553. The Balaban J connectivity index is 2.06. The summed E-state index contributed by atoms with van der Waals surface area (Å²) in [7, 11) is 0. The number of hydrogen-bond acceptors (Lipinski definition) is 2. The van der Waals surface area contributed by atoms with Gasteiger partial charge in [-0.05, 0) is 43.4 Å². The minimum absolute atomic E-state index is 0.0571. The standard InChI is InChI=1S/C25H26O3/c1-16-7-4-9-19(13-16)18(3)15-23(20-10-5-8-17(2)14-20)21-11-6-12-22(24(21)26)25(27)28/h4-14,18,23,26H,15H2,1-3H3,(H,27,28). The molecular weight excluding hydrogens is 348 g/mol. The summed E-state index contributed by atoms with van der Waals surface area (Å²) in [5, 5.41) is 20.1. The van der Waals surface area contributed by atoms with Crippen molar-refractivity contribution in [2.75, 3.05) is 0 Å². The lowest BCUT2D eigenvalue weighted by molar-refractivity contribution is 0.0693. The lowest BCUT2D eigenvalue weighted by Gasteiger charge is -2.24. The van der Waals surface area contributed by atoms with Gasteiger partial charge in [-0.2, -0.15) is 0 Å². The Bertz CT molecular complexity index is 991. The zero-order valence-electron chi connectivity index (χ0n) is 16.5. The van der Waals surface area contributed by atoms with E-state index in [4.69, 9.17) is 0 Å². The van der Waals surface area contributed by atoms with Crippen molar-refractivity contribution < 1.29 is 15.0 Å². The van der Waals surface area contributed by atoms with E-state index < -0.39 is 5.97 Å². The molecule has 0 aliphatic rings. The maximum absolute atomic E-state index is 11.5. The molecule has 0 saturated carbocycles. The summed E-state index contributed by atoms with van der Waals surface area (Å²) in [6.07, 6.45) is 0.767. The third-order valence-electron chi connectivity index (χ3n) is 5.32. The number of carbonyl (C=O) groups is 1. The van der Waals surface area contributed by atoms with Crippen LogP contribution in [0.15, 0.2) is 66.7 Å². The van der Waals surface area contributed by atoms with Gasteiger partial charge in [0, 0.05) is 11.5 Å². The minimum atomic E-state index is -1.12. The van der Waals surface area contributed by atoms with Crippen molar-refractivity contribution in [3.63, 3.8) is 0 Å². The van der Waals surface area contributed by atoms with Crippen LogP contribution >= 0.6 is 0 Å². The van der Waals surface area contributed by atoms with Crippen molar-refractivity contribution in [3.05, 3.63) is 100 Å². The number of benzene rings is 3. The molecular formula is C25H26O3. The Hall–Kier alpha value is -3.07. The first-order valence-electron chi connectivity index (χ1n) is 9.55. The lowest BCUT2D eigenvalue weighted by atomic mass is 9.80. The van der Waals surface area contributed by atoms with Crippen LogP contribution in [0.1, 0.15) is 63.4 Å². The number of hydrogen-bond donors (Lipinski definition) is 2. The fourth-order valence-electron chi connectivity index (χ4n) is 3.81. The molecule has 3 rings (SSSR count). The van der Waals surface area contributed by atoms with Crippen molar-refractivity contribution in [2.24, 2.45) is 0 Å². The first kappa shape index (κ1) is 19.7. The molecule has 0 heterocycles. The largest absolute Gasteiger partial charge is 0.507 e. The molecule has 0 radical (unpaired) electrons. The molecule has 0 saturated heterocycles. The van der Waals surface area contributed by atoms with Gasteiger partial charge in [-0.3, -0.25) is 0 Å². The van der Waals surface area contributed by atoms with Crippen LogP contribution in [-0.2, 0) is 0 Å². The number of phenols is 1. The van der Waals surface area contributed by atoms with Crippen molar-refractivity contribution in [3.8, 4) is 5.75 Å². The molecule has 0 aliphatic carbocycles.